The minimum absolute atomic E-state index is 0.0980. The first-order chi connectivity index (χ1) is 30.5. The summed E-state index contributed by atoms with van der Waals surface area (Å²) < 4.78 is 16.7. The Kier molecular flexibility index (Phi) is 47.5. The quantitative estimate of drug-likeness (QED) is 0.0263. The Morgan fingerprint density at radius 1 is 0.339 bits per heavy atom. The van der Waals surface area contributed by atoms with E-state index in [0.717, 1.165) is 109 Å². The molecule has 0 fully saturated rings. The second kappa shape index (κ2) is 50.2. The van der Waals surface area contributed by atoms with Crippen LogP contribution >= 0.6 is 0 Å². The van der Waals surface area contributed by atoms with Crippen LogP contribution in [0.15, 0.2) is 85.1 Å². The normalized spacial score (nSPS) is 12.8. The number of carbonyl (C=O) groups excluding carboxylic acids is 3. The lowest BCUT2D eigenvalue weighted by Crippen LogP contribution is -2.30. The highest BCUT2D eigenvalue weighted by Crippen LogP contribution is 2.14. The van der Waals surface area contributed by atoms with Crippen LogP contribution in [0.2, 0.25) is 0 Å². The summed E-state index contributed by atoms with van der Waals surface area (Å²) in [6, 6.07) is 0. The molecule has 0 spiro atoms. The SMILES string of the molecule is CC/C=C\C/C=C\C/C=C\C/C=C\CCCCC(=O)OC[C@H](COC(=O)CCCCCCCCCCCCCC)OC(=O)CCCCCC/C=C\C/C=C\C/C=C\CCCCC. The van der Waals surface area contributed by atoms with Crippen molar-refractivity contribution in [1.82, 2.24) is 0 Å². The Balaban J connectivity index is 4.49. The van der Waals surface area contributed by atoms with Gasteiger partial charge in [-0.1, -0.05) is 202 Å². The van der Waals surface area contributed by atoms with Crippen LogP contribution in [-0.4, -0.2) is 37.2 Å². The zero-order chi connectivity index (χ0) is 45.1. The van der Waals surface area contributed by atoms with Gasteiger partial charge >= 0.3 is 17.9 Å². The van der Waals surface area contributed by atoms with E-state index < -0.39 is 6.10 Å². The van der Waals surface area contributed by atoms with Crippen LogP contribution < -0.4 is 0 Å². The third-order valence-corrected chi connectivity index (χ3v) is 10.6. The molecule has 0 aromatic rings. The van der Waals surface area contributed by atoms with E-state index in [0.29, 0.717) is 19.3 Å². The van der Waals surface area contributed by atoms with E-state index in [1.165, 1.54) is 83.5 Å². The molecule has 0 N–H and O–H groups in total. The van der Waals surface area contributed by atoms with Crippen molar-refractivity contribution in [1.29, 1.82) is 0 Å². The van der Waals surface area contributed by atoms with E-state index in [9.17, 15) is 14.4 Å². The van der Waals surface area contributed by atoms with Crippen LogP contribution in [0.25, 0.3) is 0 Å². The van der Waals surface area contributed by atoms with Gasteiger partial charge in [0.1, 0.15) is 13.2 Å². The number of esters is 3. The van der Waals surface area contributed by atoms with Crippen LogP contribution in [0.1, 0.15) is 233 Å². The lowest BCUT2D eigenvalue weighted by atomic mass is 10.0. The van der Waals surface area contributed by atoms with Crippen molar-refractivity contribution >= 4 is 17.9 Å². The zero-order valence-electron chi connectivity index (χ0n) is 40.4. The third kappa shape index (κ3) is 47.6. The summed E-state index contributed by atoms with van der Waals surface area (Å²) in [5.41, 5.74) is 0. The summed E-state index contributed by atoms with van der Waals surface area (Å²) in [5.74, 6) is -0.964. The molecule has 6 heteroatoms. The van der Waals surface area contributed by atoms with Crippen LogP contribution in [0.5, 0.6) is 0 Å². The Morgan fingerprint density at radius 3 is 1.05 bits per heavy atom. The zero-order valence-corrected chi connectivity index (χ0v) is 40.4. The molecule has 0 aromatic carbocycles. The molecule has 354 valence electrons. The molecule has 1 atom stereocenters. The second-order valence-electron chi connectivity index (χ2n) is 16.7. The Morgan fingerprint density at radius 2 is 0.629 bits per heavy atom. The largest absolute Gasteiger partial charge is 0.462 e. The number of unbranched alkanes of at least 4 members (excludes halogenated alkanes) is 20. The van der Waals surface area contributed by atoms with Crippen LogP contribution in [0, 0.1) is 0 Å². The smallest absolute Gasteiger partial charge is 0.306 e. The Labute approximate surface area is 382 Å². The van der Waals surface area contributed by atoms with Gasteiger partial charge in [-0.05, 0) is 96.3 Å². The summed E-state index contributed by atoms with van der Waals surface area (Å²) in [4.78, 5) is 37.9. The minimum Gasteiger partial charge on any atom is -0.462 e. The van der Waals surface area contributed by atoms with Crippen molar-refractivity contribution in [2.45, 2.75) is 239 Å². The second-order valence-corrected chi connectivity index (χ2v) is 16.7. The van der Waals surface area contributed by atoms with Crippen LogP contribution in [0.4, 0.5) is 0 Å². The Bertz CT molecular complexity index is 1220. The van der Waals surface area contributed by atoms with Crippen molar-refractivity contribution in [3.63, 3.8) is 0 Å². The molecule has 0 aromatic heterocycles. The van der Waals surface area contributed by atoms with E-state index >= 15 is 0 Å². The maximum absolute atomic E-state index is 12.8. The van der Waals surface area contributed by atoms with E-state index in [-0.39, 0.29) is 31.1 Å². The van der Waals surface area contributed by atoms with Gasteiger partial charge in [0.05, 0.1) is 0 Å². The fourth-order valence-electron chi connectivity index (χ4n) is 6.79. The van der Waals surface area contributed by atoms with Crippen molar-refractivity contribution < 1.29 is 28.6 Å². The summed E-state index contributed by atoms with van der Waals surface area (Å²) in [7, 11) is 0. The molecule has 0 aliphatic heterocycles. The van der Waals surface area contributed by atoms with Gasteiger partial charge in [0.15, 0.2) is 6.10 Å². The summed E-state index contributed by atoms with van der Waals surface area (Å²) >= 11 is 0. The fraction of sp³-hybridized carbons (Fsp3) is 0.696. The highest BCUT2D eigenvalue weighted by molar-refractivity contribution is 5.71. The molecule has 0 aliphatic rings. The first-order valence-electron chi connectivity index (χ1n) is 25.6. The topological polar surface area (TPSA) is 78.9 Å². The van der Waals surface area contributed by atoms with E-state index in [1.807, 2.05) is 0 Å². The lowest BCUT2D eigenvalue weighted by Gasteiger charge is -2.18. The van der Waals surface area contributed by atoms with Gasteiger partial charge in [-0.25, -0.2) is 0 Å². The molecule has 0 rings (SSSR count). The van der Waals surface area contributed by atoms with Gasteiger partial charge in [-0.2, -0.15) is 0 Å². The van der Waals surface area contributed by atoms with E-state index in [1.54, 1.807) is 0 Å². The standard InChI is InChI=1S/C56H94O6/c1-4-7-10-13-16-19-22-25-27-28-30-32-35-38-41-44-47-50-56(59)62-53(51-60-54(57)48-45-42-39-36-33-24-21-18-15-12-9-6-3)52-61-55(58)49-46-43-40-37-34-31-29-26-23-20-17-14-11-8-5-2/h8,11,16-17,19-20,25-27,29-30,32,34,37,53H,4-7,9-10,12-15,18,21-24,28,31,33,35-36,38-52H2,1-3H3/b11-8-,19-16-,20-17-,27-25-,29-26-,32-30-,37-34-/t53-/m0/s1. The number of hydrogen-bond donors (Lipinski definition) is 0. The fourth-order valence-corrected chi connectivity index (χ4v) is 6.79. The number of carbonyl (C=O) groups is 3. The molecule has 0 bridgehead atoms. The highest BCUT2D eigenvalue weighted by atomic mass is 16.6. The van der Waals surface area contributed by atoms with Gasteiger partial charge in [0.2, 0.25) is 0 Å². The molecular formula is C56H94O6. The molecule has 0 radical (unpaired) electrons. The van der Waals surface area contributed by atoms with Gasteiger partial charge in [0.25, 0.3) is 0 Å². The van der Waals surface area contributed by atoms with Gasteiger partial charge in [-0.3, -0.25) is 14.4 Å². The number of ether oxygens (including phenoxy) is 3. The molecule has 0 aliphatic carbocycles. The highest BCUT2D eigenvalue weighted by Gasteiger charge is 2.19. The average molecular weight is 863 g/mol. The average Bonchev–Trinajstić information content (AvgIpc) is 3.27. The third-order valence-electron chi connectivity index (χ3n) is 10.6. The van der Waals surface area contributed by atoms with Crippen LogP contribution in [-0.2, 0) is 28.6 Å². The van der Waals surface area contributed by atoms with Crippen molar-refractivity contribution in [2.24, 2.45) is 0 Å². The van der Waals surface area contributed by atoms with Gasteiger partial charge in [-0.15, -0.1) is 0 Å². The van der Waals surface area contributed by atoms with Crippen molar-refractivity contribution in [3.8, 4) is 0 Å². The van der Waals surface area contributed by atoms with Crippen molar-refractivity contribution in [2.75, 3.05) is 13.2 Å². The molecule has 0 heterocycles. The first-order valence-corrected chi connectivity index (χ1v) is 25.6. The summed E-state index contributed by atoms with van der Waals surface area (Å²) in [5, 5.41) is 0. The molecular weight excluding hydrogens is 769 g/mol. The number of rotatable bonds is 45. The Hall–Kier alpha value is -3.41. The molecule has 0 amide bonds. The molecule has 62 heavy (non-hydrogen) atoms. The number of hydrogen-bond acceptors (Lipinski definition) is 6. The van der Waals surface area contributed by atoms with Crippen molar-refractivity contribution in [3.05, 3.63) is 85.1 Å². The molecule has 0 saturated heterocycles. The van der Waals surface area contributed by atoms with Gasteiger partial charge < -0.3 is 14.2 Å². The summed E-state index contributed by atoms with van der Waals surface area (Å²) in [6.45, 7) is 6.43. The molecule has 6 nitrogen and oxygen atoms in total. The predicted molar refractivity (Wildman–Crippen MR) is 265 cm³/mol. The monoisotopic (exact) mass is 863 g/mol. The molecule has 0 unspecified atom stereocenters. The predicted octanol–water partition coefficient (Wildman–Crippen LogP) is 16.8. The first kappa shape index (κ1) is 58.6. The molecule has 0 saturated carbocycles. The summed E-state index contributed by atoms with van der Waals surface area (Å²) in [6.07, 6.45) is 64.2. The van der Waals surface area contributed by atoms with Crippen LogP contribution in [0.3, 0.4) is 0 Å². The minimum atomic E-state index is -0.803. The maximum Gasteiger partial charge on any atom is 0.306 e. The lowest BCUT2D eigenvalue weighted by molar-refractivity contribution is -0.167. The van der Waals surface area contributed by atoms with E-state index in [2.05, 4.69) is 106 Å². The maximum atomic E-state index is 12.8. The number of allylic oxidation sites excluding steroid dienone is 14. The van der Waals surface area contributed by atoms with Gasteiger partial charge in [0, 0.05) is 19.3 Å². The van der Waals surface area contributed by atoms with E-state index in [4.69, 9.17) is 14.2 Å².